The molecule has 1 unspecified atom stereocenters. The highest BCUT2D eigenvalue weighted by molar-refractivity contribution is 5.85. The van der Waals surface area contributed by atoms with Crippen LogP contribution in [0.5, 0.6) is 0 Å². The van der Waals surface area contributed by atoms with E-state index in [2.05, 4.69) is 11.8 Å². The summed E-state index contributed by atoms with van der Waals surface area (Å²) in [5.74, 6) is 0.0563. The van der Waals surface area contributed by atoms with Crippen molar-refractivity contribution < 1.29 is 9.90 Å². The SMILES string of the molecule is CC1CCCN(CCC(=O)O)C1.Cl. The van der Waals surface area contributed by atoms with Crippen molar-refractivity contribution >= 4 is 18.4 Å². The van der Waals surface area contributed by atoms with Crippen LogP contribution >= 0.6 is 12.4 Å². The number of halogens is 1. The summed E-state index contributed by atoms with van der Waals surface area (Å²) in [4.78, 5) is 12.5. The fraction of sp³-hybridized carbons (Fsp3) is 0.889. The van der Waals surface area contributed by atoms with Crippen molar-refractivity contribution in [3.63, 3.8) is 0 Å². The third-order valence-corrected chi connectivity index (χ3v) is 2.38. The standard InChI is InChI=1S/C9H17NO2.ClH/c1-8-3-2-5-10(7-8)6-4-9(11)12;/h8H,2-7H2,1H3,(H,11,12);1H. The quantitative estimate of drug-likeness (QED) is 0.765. The van der Waals surface area contributed by atoms with Crippen LogP contribution in [0.15, 0.2) is 0 Å². The van der Waals surface area contributed by atoms with Crippen molar-refractivity contribution in [3.8, 4) is 0 Å². The lowest BCUT2D eigenvalue weighted by atomic mass is 10.0. The monoisotopic (exact) mass is 207 g/mol. The third-order valence-electron chi connectivity index (χ3n) is 2.38. The van der Waals surface area contributed by atoms with Gasteiger partial charge in [0.1, 0.15) is 0 Å². The van der Waals surface area contributed by atoms with Gasteiger partial charge in [-0.25, -0.2) is 0 Å². The summed E-state index contributed by atoms with van der Waals surface area (Å²) < 4.78 is 0. The predicted octanol–water partition coefficient (Wildman–Crippen LogP) is 1.61. The minimum atomic E-state index is -0.687. The van der Waals surface area contributed by atoms with Crippen LogP contribution in [-0.2, 0) is 4.79 Å². The fourth-order valence-corrected chi connectivity index (χ4v) is 1.74. The molecule has 13 heavy (non-hydrogen) atoms. The largest absolute Gasteiger partial charge is 0.481 e. The molecule has 78 valence electrons. The predicted molar refractivity (Wildman–Crippen MR) is 54.3 cm³/mol. The molecule has 1 fully saturated rings. The van der Waals surface area contributed by atoms with Crippen LogP contribution in [0.3, 0.4) is 0 Å². The maximum atomic E-state index is 10.3. The van der Waals surface area contributed by atoms with Gasteiger partial charge in [-0.1, -0.05) is 6.92 Å². The molecule has 1 atom stereocenters. The molecular formula is C9H18ClNO2. The minimum absolute atomic E-state index is 0. The number of hydrogen-bond acceptors (Lipinski definition) is 2. The van der Waals surface area contributed by atoms with Crippen LogP contribution in [0.1, 0.15) is 26.2 Å². The molecule has 1 rings (SSSR count). The molecule has 0 aromatic carbocycles. The van der Waals surface area contributed by atoms with E-state index in [1.165, 1.54) is 12.8 Å². The van der Waals surface area contributed by atoms with Gasteiger partial charge in [0.05, 0.1) is 6.42 Å². The van der Waals surface area contributed by atoms with Crippen molar-refractivity contribution in [1.29, 1.82) is 0 Å². The molecule has 0 aliphatic carbocycles. The Balaban J connectivity index is 0.00000144. The number of carboxylic acid groups (broad SMARTS) is 1. The Bertz CT molecular complexity index is 164. The molecule has 4 heteroatoms. The molecule has 0 aromatic rings. The van der Waals surface area contributed by atoms with Crippen LogP contribution in [0.4, 0.5) is 0 Å². The second-order valence-corrected chi connectivity index (χ2v) is 3.69. The first-order valence-corrected chi connectivity index (χ1v) is 4.62. The fourth-order valence-electron chi connectivity index (χ4n) is 1.74. The van der Waals surface area contributed by atoms with E-state index in [1.807, 2.05) is 0 Å². The van der Waals surface area contributed by atoms with Crippen LogP contribution < -0.4 is 0 Å². The molecule has 0 saturated carbocycles. The van der Waals surface area contributed by atoms with Gasteiger partial charge in [-0.15, -0.1) is 12.4 Å². The first kappa shape index (κ1) is 12.7. The molecule has 0 amide bonds. The maximum Gasteiger partial charge on any atom is 0.304 e. The van der Waals surface area contributed by atoms with Gasteiger partial charge in [0, 0.05) is 13.1 Å². The smallest absolute Gasteiger partial charge is 0.304 e. The number of likely N-dealkylation sites (tertiary alicyclic amines) is 1. The molecule has 1 N–H and O–H groups in total. The molecule has 1 aliphatic rings. The van der Waals surface area contributed by atoms with Crippen molar-refractivity contribution in [2.24, 2.45) is 5.92 Å². The van der Waals surface area contributed by atoms with Crippen molar-refractivity contribution in [2.45, 2.75) is 26.2 Å². The number of piperidine rings is 1. The van der Waals surface area contributed by atoms with Gasteiger partial charge in [0.15, 0.2) is 0 Å². The zero-order valence-electron chi connectivity index (χ0n) is 8.03. The van der Waals surface area contributed by atoms with Crippen LogP contribution in [0.2, 0.25) is 0 Å². The van der Waals surface area contributed by atoms with E-state index in [1.54, 1.807) is 0 Å². The van der Waals surface area contributed by atoms with Crippen molar-refractivity contribution in [1.82, 2.24) is 4.90 Å². The Morgan fingerprint density at radius 3 is 2.85 bits per heavy atom. The highest BCUT2D eigenvalue weighted by atomic mass is 35.5. The minimum Gasteiger partial charge on any atom is -0.481 e. The van der Waals surface area contributed by atoms with Crippen molar-refractivity contribution in [3.05, 3.63) is 0 Å². The molecule has 1 saturated heterocycles. The van der Waals surface area contributed by atoms with Crippen LogP contribution in [0.25, 0.3) is 0 Å². The van der Waals surface area contributed by atoms with E-state index in [0.717, 1.165) is 25.6 Å². The lowest BCUT2D eigenvalue weighted by Gasteiger charge is -2.30. The van der Waals surface area contributed by atoms with E-state index in [-0.39, 0.29) is 18.8 Å². The molecule has 1 heterocycles. The van der Waals surface area contributed by atoms with Crippen LogP contribution in [-0.4, -0.2) is 35.6 Å². The number of hydrogen-bond donors (Lipinski definition) is 1. The first-order chi connectivity index (χ1) is 5.68. The summed E-state index contributed by atoms with van der Waals surface area (Å²) in [6, 6.07) is 0. The van der Waals surface area contributed by atoms with Gasteiger partial charge in [0.2, 0.25) is 0 Å². The van der Waals surface area contributed by atoms with Gasteiger partial charge in [-0.05, 0) is 25.3 Å². The third kappa shape index (κ3) is 5.11. The molecule has 0 aromatic heterocycles. The van der Waals surface area contributed by atoms with E-state index < -0.39 is 5.97 Å². The summed E-state index contributed by atoms with van der Waals surface area (Å²) in [5, 5.41) is 8.48. The zero-order valence-corrected chi connectivity index (χ0v) is 8.85. The Morgan fingerprint density at radius 2 is 2.31 bits per heavy atom. The number of rotatable bonds is 3. The Labute approximate surface area is 85.5 Å². The molecule has 3 nitrogen and oxygen atoms in total. The summed E-state index contributed by atoms with van der Waals surface area (Å²) >= 11 is 0. The summed E-state index contributed by atoms with van der Waals surface area (Å²) in [5.41, 5.74) is 0. The van der Waals surface area contributed by atoms with Crippen LogP contribution in [0, 0.1) is 5.92 Å². The number of nitrogens with zero attached hydrogens (tertiary/aromatic N) is 1. The average molecular weight is 208 g/mol. The highest BCUT2D eigenvalue weighted by Gasteiger charge is 2.16. The molecular weight excluding hydrogens is 190 g/mol. The lowest BCUT2D eigenvalue weighted by Crippen LogP contribution is -2.35. The second-order valence-electron chi connectivity index (χ2n) is 3.69. The Hall–Kier alpha value is -0.280. The van der Waals surface area contributed by atoms with Gasteiger partial charge >= 0.3 is 5.97 Å². The highest BCUT2D eigenvalue weighted by Crippen LogP contribution is 2.15. The van der Waals surface area contributed by atoms with Crippen molar-refractivity contribution in [2.75, 3.05) is 19.6 Å². The lowest BCUT2D eigenvalue weighted by molar-refractivity contribution is -0.137. The zero-order chi connectivity index (χ0) is 8.97. The van der Waals surface area contributed by atoms with Gasteiger partial charge in [-0.2, -0.15) is 0 Å². The molecule has 0 bridgehead atoms. The van der Waals surface area contributed by atoms with Gasteiger partial charge < -0.3 is 10.0 Å². The summed E-state index contributed by atoms with van der Waals surface area (Å²) in [6.45, 7) is 5.11. The van der Waals surface area contributed by atoms with E-state index >= 15 is 0 Å². The molecule has 0 spiro atoms. The second kappa shape index (κ2) is 6.22. The normalized spacial score (nSPS) is 23.6. The van der Waals surface area contributed by atoms with E-state index in [0.29, 0.717) is 0 Å². The summed E-state index contributed by atoms with van der Waals surface area (Å²) in [7, 11) is 0. The Kier molecular flexibility index (Phi) is 6.08. The first-order valence-electron chi connectivity index (χ1n) is 4.62. The van der Waals surface area contributed by atoms with E-state index in [9.17, 15) is 4.79 Å². The molecule has 0 radical (unpaired) electrons. The van der Waals surface area contributed by atoms with Gasteiger partial charge in [-0.3, -0.25) is 4.79 Å². The number of carbonyl (C=O) groups is 1. The topological polar surface area (TPSA) is 40.5 Å². The summed E-state index contributed by atoms with van der Waals surface area (Å²) in [6.07, 6.45) is 2.80. The van der Waals surface area contributed by atoms with E-state index in [4.69, 9.17) is 5.11 Å². The number of aliphatic carboxylic acids is 1. The average Bonchev–Trinajstić information content (AvgIpc) is 2.01. The number of carboxylic acids is 1. The van der Waals surface area contributed by atoms with Gasteiger partial charge in [0.25, 0.3) is 0 Å². The molecule has 1 aliphatic heterocycles. The Morgan fingerprint density at radius 1 is 1.62 bits per heavy atom. The maximum absolute atomic E-state index is 10.3.